The highest BCUT2D eigenvalue weighted by Gasteiger charge is 2.33. The second kappa shape index (κ2) is 6.90. The Morgan fingerprint density at radius 2 is 2.29 bits per heavy atom. The largest absolute Gasteiger partial charge is 0.472 e. The van der Waals surface area contributed by atoms with Crippen molar-refractivity contribution >= 4 is 5.91 Å². The molecule has 1 heterocycles. The number of hydrogen-bond donors (Lipinski definition) is 2. The van der Waals surface area contributed by atoms with E-state index in [1.165, 1.54) is 24.7 Å². The predicted octanol–water partition coefficient (Wildman–Crippen LogP) is 2.87. The van der Waals surface area contributed by atoms with Gasteiger partial charge in [-0.3, -0.25) is 4.79 Å². The fourth-order valence-electron chi connectivity index (χ4n) is 2.91. The summed E-state index contributed by atoms with van der Waals surface area (Å²) < 4.78 is 18.1. The predicted molar refractivity (Wildman–Crippen MR) is 86.7 cm³/mol. The number of nitrogens with one attached hydrogen (secondary N) is 1. The highest BCUT2D eigenvalue weighted by molar-refractivity contribution is 5.93. The van der Waals surface area contributed by atoms with E-state index in [-0.39, 0.29) is 17.8 Å². The molecule has 0 saturated heterocycles. The van der Waals surface area contributed by atoms with Crippen LogP contribution in [0.5, 0.6) is 0 Å². The van der Waals surface area contributed by atoms with Crippen molar-refractivity contribution < 1.29 is 18.7 Å². The van der Waals surface area contributed by atoms with Crippen LogP contribution in [0.3, 0.4) is 0 Å². The van der Waals surface area contributed by atoms with Crippen LogP contribution in [0.2, 0.25) is 0 Å². The van der Waals surface area contributed by atoms with Crippen molar-refractivity contribution in [1.29, 1.82) is 0 Å². The molecule has 1 aliphatic carbocycles. The third-order valence-corrected chi connectivity index (χ3v) is 4.11. The Labute approximate surface area is 139 Å². The fourth-order valence-corrected chi connectivity index (χ4v) is 2.91. The van der Waals surface area contributed by atoms with Gasteiger partial charge in [0.25, 0.3) is 5.91 Å². The van der Waals surface area contributed by atoms with Crippen LogP contribution in [-0.4, -0.2) is 22.7 Å². The summed E-state index contributed by atoms with van der Waals surface area (Å²) in [7, 11) is 0. The van der Waals surface area contributed by atoms with E-state index in [1.807, 2.05) is 0 Å². The van der Waals surface area contributed by atoms with Gasteiger partial charge in [0, 0.05) is 18.0 Å². The van der Waals surface area contributed by atoms with Crippen molar-refractivity contribution in [3.8, 4) is 11.8 Å². The Balaban J connectivity index is 1.67. The zero-order valence-electron chi connectivity index (χ0n) is 13.1. The lowest BCUT2D eigenvalue weighted by Gasteiger charge is -2.33. The molecule has 2 N–H and O–H groups in total. The molecule has 124 valence electrons. The number of carbonyl (C=O) groups is 1. The molecular weight excluding hydrogens is 309 g/mol. The third-order valence-electron chi connectivity index (χ3n) is 4.11. The topological polar surface area (TPSA) is 62.5 Å². The number of furan rings is 1. The SMILES string of the molecule is O=C(N[C@H]1CCCC(O)(C#Cc2cccc(F)c2)C1)c1ccoc1. The Morgan fingerprint density at radius 3 is 3.04 bits per heavy atom. The first kappa shape index (κ1) is 16.3. The Hall–Kier alpha value is -2.58. The molecule has 4 nitrogen and oxygen atoms in total. The summed E-state index contributed by atoms with van der Waals surface area (Å²) in [6.45, 7) is 0. The first-order valence-electron chi connectivity index (χ1n) is 7.88. The molecule has 5 heteroatoms. The first-order valence-corrected chi connectivity index (χ1v) is 7.88. The first-order chi connectivity index (χ1) is 11.5. The maximum Gasteiger partial charge on any atom is 0.254 e. The number of benzene rings is 1. The van der Waals surface area contributed by atoms with E-state index >= 15 is 0 Å². The van der Waals surface area contributed by atoms with Crippen LogP contribution in [0.25, 0.3) is 0 Å². The molecule has 1 fully saturated rings. The smallest absolute Gasteiger partial charge is 0.254 e. The molecule has 1 saturated carbocycles. The summed E-state index contributed by atoms with van der Waals surface area (Å²) in [4.78, 5) is 12.1. The summed E-state index contributed by atoms with van der Waals surface area (Å²) in [5, 5.41) is 13.6. The third kappa shape index (κ3) is 4.03. The summed E-state index contributed by atoms with van der Waals surface area (Å²) in [6, 6.07) is 7.39. The zero-order valence-corrected chi connectivity index (χ0v) is 13.1. The molecule has 3 rings (SSSR count). The number of hydrogen-bond acceptors (Lipinski definition) is 3. The van der Waals surface area contributed by atoms with Gasteiger partial charge < -0.3 is 14.8 Å². The number of rotatable bonds is 2. The number of aliphatic hydroxyl groups is 1. The second-order valence-corrected chi connectivity index (χ2v) is 6.07. The van der Waals surface area contributed by atoms with Crippen LogP contribution in [0.4, 0.5) is 4.39 Å². The molecule has 1 aromatic heterocycles. The van der Waals surface area contributed by atoms with Crippen LogP contribution < -0.4 is 5.32 Å². The van der Waals surface area contributed by atoms with Crippen LogP contribution >= 0.6 is 0 Å². The molecule has 24 heavy (non-hydrogen) atoms. The minimum Gasteiger partial charge on any atom is -0.472 e. The molecule has 1 amide bonds. The molecule has 1 unspecified atom stereocenters. The number of halogens is 1. The standard InChI is InChI=1S/C19H18FNO3/c20-16-4-1-3-14(11-16)6-9-19(23)8-2-5-17(12-19)21-18(22)15-7-10-24-13-15/h1,3-4,7,10-11,13,17,23H,2,5,8,12H2,(H,21,22)/t17-,19?/m0/s1. The van der Waals surface area contributed by atoms with Crippen molar-refractivity contribution in [2.24, 2.45) is 0 Å². The van der Waals surface area contributed by atoms with Gasteiger partial charge in [0.2, 0.25) is 0 Å². The molecule has 0 bridgehead atoms. The van der Waals surface area contributed by atoms with E-state index in [9.17, 15) is 14.3 Å². The van der Waals surface area contributed by atoms with Gasteiger partial charge in [-0.25, -0.2) is 4.39 Å². The van der Waals surface area contributed by atoms with E-state index in [2.05, 4.69) is 17.2 Å². The van der Waals surface area contributed by atoms with Crippen LogP contribution in [-0.2, 0) is 0 Å². The lowest BCUT2D eigenvalue weighted by Crippen LogP contribution is -2.45. The average molecular weight is 327 g/mol. The second-order valence-electron chi connectivity index (χ2n) is 6.07. The summed E-state index contributed by atoms with van der Waals surface area (Å²) >= 11 is 0. The van der Waals surface area contributed by atoms with Gasteiger partial charge in [-0.05, 0) is 43.5 Å². The quantitative estimate of drug-likeness (QED) is 0.834. The molecule has 0 spiro atoms. The minimum absolute atomic E-state index is 0.159. The maximum absolute atomic E-state index is 13.2. The lowest BCUT2D eigenvalue weighted by molar-refractivity contribution is 0.0452. The van der Waals surface area contributed by atoms with Gasteiger partial charge in [0.15, 0.2) is 0 Å². The summed E-state index contributed by atoms with van der Waals surface area (Å²) in [5.41, 5.74) is -0.207. The van der Waals surface area contributed by atoms with Gasteiger partial charge in [0.05, 0.1) is 11.8 Å². The molecule has 0 aliphatic heterocycles. The molecule has 2 aromatic rings. The minimum atomic E-state index is -1.18. The van der Waals surface area contributed by atoms with E-state index in [1.54, 1.807) is 18.2 Å². The van der Waals surface area contributed by atoms with Crippen LogP contribution in [0.1, 0.15) is 41.6 Å². The average Bonchev–Trinajstić information content (AvgIpc) is 3.08. The van der Waals surface area contributed by atoms with Crippen LogP contribution in [0, 0.1) is 17.7 Å². The van der Waals surface area contributed by atoms with E-state index in [4.69, 9.17) is 4.42 Å². The number of carbonyl (C=O) groups excluding carboxylic acids is 1. The van der Waals surface area contributed by atoms with Crippen molar-refractivity contribution in [2.75, 3.05) is 0 Å². The van der Waals surface area contributed by atoms with E-state index < -0.39 is 5.60 Å². The van der Waals surface area contributed by atoms with Gasteiger partial charge in [0.1, 0.15) is 17.7 Å². The van der Waals surface area contributed by atoms with Crippen molar-refractivity contribution in [1.82, 2.24) is 5.32 Å². The molecule has 1 aliphatic rings. The Morgan fingerprint density at radius 1 is 1.42 bits per heavy atom. The van der Waals surface area contributed by atoms with Gasteiger partial charge in [-0.15, -0.1) is 0 Å². The summed E-state index contributed by atoms with van der Waals surface area (Å²) in [6.07, 6.45) is 5.25. The molecular formula is C19H18FNO3. The lowest BCUT2D eigenvalue weighted by atomic mass is 9.82. The zero-order chi connectivity index (χ0) is 17.0. The van der Waals surface area contributed by atoms with E-state index in [0.29, 0.717) is 24.0 Å². The summed E-state index contributed by atoms with van der Waals surface area (Å²) in [5.74, 6) is 5.09. The van der Waals surface area contributed by atoms with Crippen molar-refractivity contribution in [3.63, 3.8) is 0 Å². The molecule has 0 radical (unpaired) electrons. The Kier molecular flexibility index (Phi) is 4.68. The highest BCUT2D eigenvalue weighted by atomic mass is 19.1. The maximum atomic E-state index is 13.2. The van der Waals surface area contributed by atoms with Crippen molar-refractivity contribution in [2.45, 2.75) is 37.3 Å². The normalized spacial score (nSPS) is 23.2. The number of amides is 1. The fraction of sp³-hybridized carbons (Fsp3) is 0.316. The Bertz CT molecular complexity index is 775. The van der Waals surface area contributed by atoms with Gasteiger partial charge in [-0.2, -0.15) is 0 Å². The van der Waals surface area contributed by atoms with Crippen LogP contribution in [0.15, 0.2) is 47.3 Å². The highest BCUT2D eigenvalue weighted by Crippen LogP contribution is 2.28. The van der Waals surface area contributed by atoms with E-state index in [0.717, 1.165) is 12.8 Å². The molecule has 2 atom stereocenters. The van der Waals surface area contributed by atoms with Crippen molar-refractivity contribution in [3.05, 3.63) is 59.8 Å². The van der Waals surface area contributed by atoms with Gasteiger partial charge in [-0.1, -0.05) is 17.9 Å². The monoisotopic (exact) mass is 327 g/mol. The van der Waals surface area contributed by atoms with Gasteiger partial charge >= 0.3 is 0 Å². The molecule has 1 aromatic carbocycles.